The van der Waals surface area contributed by atoms with E-state index in [1.54, 1.807) is 23.5 Å². The number of thiazole rings is 1. The van der Waals surface area contributed by atoms with Crippen molar-refractivity contribution in [1.82, 2.24) is 10.3 Å². The fraction of sp³-hybridized carbons (Fsp3) is 0.333. The maximum Gasteiger partial charge on any atom is 0.251 e. The van der Waals surface area contributed by atoms with Crippen molar-refractivity contribution in [2.45, 2.75) is 12.8 Å². The molecule has 6 heteroatoms. The topological polar surface area (TPSA) is 51.2 Å². The van der Waals surface area contributed by atoms with Crippen molar-refractivity contribution >= 4 is 28.8 Å². The smallest absolute Gasteiger partial charge is 0.251 e. The zero-order chi connectivity index (χ0) is 15.1. The van der Waals surface area contributed by atoms with E-state index in [1.807, 2.05) is 24.4 Å². The fourth-order valence-corrected chi connectivity index (χ4v) is 2.80. The lowest BCUT2D eigenvalue weighted by Crippen LogP contribution is -2.27. The van der Waals surface area contributed by atoms with Gasteiger partial charge in [0.2, 0.25) is 0 Å². The van der Waals surface area contributed by atoms with Gasteiger partial charge < -0.3 is 10.1 Å². The molecule has 2 rings (SSSR count). The fourth-order valence-electron chi connectivity index (χ4n) is 1.75. The first-order valence-corrected chi connectivity index (χ1v) is 8.12. The molecule has 0 atom stereocenters. The molecular weight excluding hydrogens is 308 g/mol. The number of rotatable bonds is 7. The molecule has 0 aliphatic carbocycles. The monoisotopic (exact) mass is 324 g/mol. The maximum atomic E-state index is 11.9. The van der Waals surface area contributed by atoms with Gasteiger partial charge in [-0.25, -0.2) is 4.98 Å². The predicted molar refractivity (Wildman–Crippen MR) is 85.9 cm³/mol. The normalized spacial score (nSPS) is 10.6. The lowest BCUT2D eigenvalue weighted by molar-refractivity contribution is 0.0922. The number of aromatic nitrogens is 1. The highest BCUT2D eigenvalue weighted by Crippen LogP contribution is 2.24. The van der Waals surface area contributed by atoms with Crippen LogP contribution in [0.3, 0.4) is 0 Å². The molecule has 1 aromatic carbocycles. The summed E-state index contributed by atoms with van der Waals surface area (Å²) in [5.41, 5.74) is 2.49. The van der Waals surface area contributed by atoms with Crippen molar-refractivity contribution < 1.29 is 9.53 Å². The van der Waals surface area contributed by atoms with Crippen LogP contribution in [0.4, 0.5) is 0 Å². The molecule has 0 saturated heterocycles. The van der Waals surface area contributed by atoms with E-state index in [-0.39, 0.29) is 5.91 Å². The Balaban J connectivity index is 1.96. The van der Waals surface area contributed by atoms with Gasteiger partial charge in [0, 0.05) is 29.7 Å². The number of nitrogens with zero attached hydrogens (tertiary/aromatic N) is 1. The van der Waals surface area contributed by atoms with Crippen LogP contribution in [0.25, 0.3) is 10.6 Å². The Morgan fingerprint density at radius 2 is 2.14 bits per heavy atom. The highest BCUT2D eigenvalue weighted by molar-refractivity contribution is 7.13. The second-order valence-electron chi connectivity index (χ2n) is 4.31. The summed E-state index contributed by atoms with van der Waals surface area (Å²) in [6.45, 7) is 3.62. The Hall–Kier alpha value is -1.43. The maximum absolute atomic E-state index is 11.9. The van der Waals surface area contributed by atoms with Crippen molar-refractivity contribution in [2.75, 3.05) is 19.8 Å². The van der Waals surface area contributed by atoms with Crippen molar-refractivity contribution in [3.05, 3.63) is 40.9 Å². The molecule has 1 aromatic heterocycles. The molecule has 0 aliphatic rings. The summed E-state index contributed by atoms with van der Waals surface area (Å²) < 4.78 is 5.18. The van der Waals surface area contributed by atoms with Gasteiger partial charge in [0.15, 0.2) is 0 Å². The number of alkyl halides is 1. The van der Waals surface area contributed by atoms with Crippen molar-refractivity contribution in [1.29, 1.82) is 0 Å². The van der Waals surface area contributed by atoms with Gasteiger partial charge >= 0.3 is 0 Å². The van der Waals surface area contributed by atoms with Gasteiger partial charge in [0.25, 0.3) is 5.91 Å². The zero-order valence-corrected chi connectivity index (χ0v) is 13.3. The average molecular weight is 325 g/mol. The Morgan fingerprint density at radius 1 is 1.38 bits per heavy atom. The van der Waals surface area contributed by atoms with Crippen molar-refractivity contribution in [2.24, 2.45) is 0 Å². The summed E-state index contributed by atoms with van der Waals surface area (Å²) in [6, 6.07) is 7.39. The first-order valence-electron chi connectivity index (χ1n) is 6.71. The summed E-state index contributed by atoms with van der Waals surface area (Å²) in [4.78, 5) is 16.3. The molecular formula is C15H17ClN2O2S. The van der Waals surface area contributed by atoms with E-state index in [0.29, 0.717) is 31.2 Å². The summed E-state index contributed by atoms with van der Waals surface area (Å²) in [5.74, 6) is 0.318. The summed E-state index contributed by atoms with van der Waals surface area (Å²) in [6.07, 6.45) is 0. The molecule has 0 unspecified atom stereocenters. The van der Waals surface area contributed by atoms with Crippen LogP contribution in [0.5, 0.6) is 0 Å². The Morgan fingerprint density at radius 3 is 2.76 bits per heavy atom. The van der Waals surface area contributed by atoms with Crippen LogP contribution in [-0.2, 0) is 10.6 Å². The van der Waals surface area contributed by atoms with Crippen LogP contribution in [0.15, 0.2) is 29.6 Å². The van der Waals surface area contributed by atoms with E-state index < -0.39 is 0 Å². The number of halogens is 1. The van der Waals surface area contributed by atoms with Crippen LogP contribution in [0.1, 0.15) is 23.0 Å². The standard InChI is InChI=1S/C15H17ClN2O2S/c1-2-20-8-7-17-14(19)11-3-5-12(6-4-11)15-18-13(9-16)10-21-15/h3-6,10H,2,7-9H2,1H3,(H,17,19). The van der Waals surface area contributed by atoms with Crippen LogP contribution in [-0.4, -0.2) is 30.6 Å². The molecule has 1 amide bonds. The summed E-state index contributed by atoms with van der Waals surface area (Å²) in [5, 5.41) is 5.66. The number of hydrogen-bond acceptors (Lipinski definition) is 4. The lowest BCUT2D eigenvalue weighted by atomic mass is 10.1. The van der Waals surface area contributed by atoms with Gasteiger partial charge in [-0.15, -0.1) is 22.9 Å². The number of carbonyl (C=O) groups excluding carboxylic acids is 1. The zero-order valence-electron chi connectivity index (χ0n) is 11.8. The minimum Gasteiger partial charge on any atom is -0.380 e. The van der Waals surface area contributed by atoms with Crippen LogP contribution < -0.4 is 5.32 Å². The molecule has 1 N–H and O–H groups in total. The van der Waals surface area contributed by atoms with E-state index in [0.717, 1.165) is 16.3 Å². The third-order valence-corrected chi connectivity index (χ3v) is 4.03. The predicted octanol–water partition coefficient (Wildman–Crippen LogP) is 3.32. The number of nitrogens with one attached hydrogen (secondary N) is 1. The number of hydrogen-bond donors (Lipinski definition) is 1. The van der Waals surface area contributed by atoms with Crippen LogP contribution in [0.2, 0.25) is 0 Å². The van der Waals surface area contributed by atoms with E-state index in [1.165, 1.54) is 0 Å². The van der Waals surface area contributed by atoms with Gasteiger partial charge in [-0.3, -0.25) is 4.79 Å². The van der Waals surface area contributed by atoms with Crippen LogP contribution in [0, 0.1) is 0 Å². The Kier molecular flexibility index (Phi) is 6.17. The molecule has 2 aromatic rings. The third kappa shape index (κ3) is 4.52. The molecule has 0 radical (unpaired) electrons. The SMILES string of the molecule is CCOCCNC(=O)c1ccc(-c2nc(CCl)cs2)cc1. The quantitative estimate of drug-likeness (QED) is 0.628. The van der Waals surface area contributed by atoms with Gasteiger partial charge in [-0.2, -0.15) is 0 Å². The van der Waals surface area contributed by atoms with Crippen molar-refractivity contribution in [3.63, 3.8) is 0 Å². The minimum absolute atomic E-state index is 0.0955. The Labute approximate surface area is 133 Å². The number of benzene rings is 1. The third-order valence-electron chi connectivity index (χ3n) is 2.82. The molecule has 4 nitrogen and oxygen atoms in total. The Bertz CT molecular complexity index is 584. The van der Waals surface area contributed by atoms with Crippen molar-refractivity contribution in [3.8, 4) is 10.6 Å². The first kappa shape index (κ1) is 15.9. The minimum atomic E-state index is -0.0955. The van der Waals surface area contributed by atoms with Crippen LogP contribution >= 0.6 is 22.9 Å². The summed E-state index contributed by atoms with van der Waals surface area (Å²) in [7, 11) is 0. The second-order valence-corrected chi connectivity index (χ2v) is 5.43. The van der Waals surface area contributed by atoms with E-state index in [2.05, 4.69) is 10.3 Å². The molecule has 21 heavy (non-hydrogen) atoms. The second kappa shape index (κ2) is 8.12. The highest BCUT2D eigenvalue weighted by atomic mass is 35.5. The molecule has 1 heterocycles. The lowest BCUT2D eigenvalue weighted by Gasteiger charge is -2.05. The van der Waals surface area contributed by atoms with E-state index in [4.69, 9.17) is 16.3 Å². The van der Waals surface area contributed by atoms with E-state index >= 15 is 0 Å². The molecule has 0 spiro atoms. The first-order chi connectivity index (χ1) is 10.2. The summed E-state index contributed by atoms with van der Waals surface area (Å²) >= 11 is 7.29. The van der Waals surface area contributed by atoms with Gasteiger partial charge in [0.05, 0.1) is 18.2 Å². The average Bonchev–Trinajstić information content (AvgIpc) is 3.00. The number of carbonyl (C=O) groups is 1. The van der Waals surface area contributed by atoms with Gasteiger partial charge in [0.1, 0.15) is 5.01 Å². The van der Waals surface area contributed by atoms with Gasteiger partial charge in [-0.1, -0.05) is 12.1 Å². The largest absolute Gasteiger partial charge is 0.380 e. The molecule has 0 bridgehead atoms. The van der Waals surface area contributed by atoms with Gasteiger partial charge in [-0.05, 0) is 19.1 Å². The molecule has 0 aliphatic heterocycles. The number of amides is 1. The number of ether oxygens (including phenoxy) is 1. The molecule has 0 fully saturated rings. The molecule has 0 saturated carbocycles. The van der Waals surface area contributed by atoms with E-state index in [9.17, 15) is 4.79 Å². The highest BCUT2D eigenvalue weighted by Gasteiger charge is 2.07. The molecule has 112 valence electrons.